The van der Waals surface area contributed by atoms with E-state index >= 15 is 0 Å². The molecule has 0 radical (unpaired) electrons. The van der Waals surface area contributed by atoms with E-state index in [2.05, 4.69) is 15.4 Å². The minimum absolute atomic E-state index is 0.0155. The molecule has 2 rings (SSSR count). The number of amidine groups is 1. The van der Waals surface area contributed by atoms with E-state index < -0.39 is 0 Å². The van der Waals surface area contributed by atoms with Crippen LogP contribution in [0.3, 0.4) is 0 Å². The van der Waals surface area contributed by atoms with Crippen molar-refractivity contribution in [1.29, 1.82) is 0 Å². The Kier molecular flexibility index (Phi) is 4.95. The Morgan fingerprint density at radius 1 is 1.38 bits per heavy atom. The summed E-state index contributed by atoms with van der Waals surface area (Å²) in [6.07, 6.45) is 3.37. The number of hydrogen-bond donors (Lipinski definition) is 3. The number of aryl methyl sites for hydroxylation is 1. The fraction of sp³-hybridized carbons (Fsp3) is 0.643. The van der Waals surface area contributed by atoms with Gasteiger partial charge in [0, 0.05) is 6.54 Å². The van der Waals surface area contributed by atoms with Gasteiger partial charge in [0.15, 0.2) is 11.7 Å². The molecule has 0 spiro atoms. The molecule has 1 aromatic heterocycles. The van der Waals surface area contributed by atoms with E-state index in [0.29, 0.717) is 11.4 Å². The van der Waals surface area contributed by atoms with Crippen molar-refractivity contribution in [3.8, 4) is 0 Å². The Balaban J connectivity index is 2.60. The number of aromatic nitrogens is 2. The van der Waals surface area contributed by atoms with Gasteiger partial charge in [-0.3, -0.25) is 0 Å². The number of nitrogens with two attached hydrogens (primary N) is 1. The summed E-state index contributed by atoms with van der Waals surface area (Å²) in [5, 5.41) is 30.4. The molecule has 1 unspecified atom stereocenters. The molecule has 7 heteroatoms. The van der Waals surface area contributed by atoms with Gasteiger partial charge >= 0.3 is 0 Å². The molecule has 4 N–H and O–H groups in total. The smallest absolute Gasteiger partial charge is 0.174 e. The molecule has 116 valence electrons. The highest BCUT2D eigenvalue weighted by atomic mass is 16.4. The summed E-state index contributed by atoms with van der Waals surface area (Å²) in [6.45, 7) is 4.88. The van der Waals surface area contributed by atoms with E-state index in [1.807, 2.05) is 18.7 Å². The minimum atomic E-state index is 0.0155. The average molecular weight is 293 g/mol. The molecule has 21 heavy (non-hydrogen) atoms. The monoisotopic (exact) mass is 293 g/mol. The van der Waals surface area contributed by atoms with Crippen LogP contribution in [0.5, 0.6) is 0 Å². The molecule has 1 aromatic rings. The Bertz CT molecular complexity index is 532. The quantitative estimate of drug-likeness (QED) is 0.318. The number of oxime groups is 1. The van der Waals surface area contributed by atoms with Crippen LogP contribution in [0.25, 0.3) is 0 Å². The molecule has 0 amide bonds. The van der Waals surface area contributed by atoms with Crippen LogP contribution in [-0.2, 0) is 12.8 Å². The van der Waals surface area contributed by atoms with E-state index in [-0.39, 0.29) is 18.5 Å². The molecule has 1 aliphatic heterocycles. The lowest BCUT2D eigenvalue weighted by Gasteiger charge is -2.27. The fourth-order valence-corrected chi connectivity index (χ4v) is 2.99. The second-order valence-electron chi connectivity index (χ2n) is 5.19. The maximum atomic E-state index is 9.51. The summed E-state index contributed by atoms with van der Waals surface area (Å²) < 4.78 is 0. The zero-order valence-corrected chi connectivity index (χ0v) is 12.6. The molecule has 7 nitrogen and oxygen atoms in total. The van der Waals surface area contributed by atoms with E-state index in [1.165, 1.54) is 0 Å². The Morgan fingerprint density at radius 3 is 2.71 bits per heavy atom. The first-order valence-electron chi connectivity index (χ1n) is 7.41. The number of anilines is 1. The molecule has 0 aromatic carbocycles. The standard InChI is InChI=1S/C14H23N5O2/c1-3-10-11(4-2)16-17-14(12(10)13(15)18-21)19-7-5-6-9(19)8-20/h9,20-21H,3-8H2,1-2H3,(H2,15,18). The van der Waals surface area contributed by atoms with E-state index in [1.54, 1.807) is 0 Å². The predicted molar refractivity (Wildman–Crippen MR) is 80.8 cm³/mol. The molecule has 1 atom stereocenters. The van der Waals surface area contributed by atoms with Crippen molar-refractivity contribution in [3.05, 3.63) is 16.8 Å². The van der Waals surface area contributed by atoms with Gasteiger partial charge in [0.25, 0.3) is 0 Å². The van der Waals surface area contributed by atoms with Gasteiger partial charge in [-0.1, -0.05) is 19.0 Å². The van der Waals surface area contributed by atoms with Crippen molar-refractivity contribution < 1.29 is 10.3 Å². The Labute approximate surface area is 124 Å². The fourth-order valence-electron chi connectivity index (χ4n) is 2.99. The molecule has 0 bridgehead atoms. The second kappa shape index (κ2) is 6.71. The highest BCUT2D eigenvalue weighted by molar-refractivity contribution is 6.03. The van der Waals surface area contributed by atoms with Crippen molar-refractivity contribution >= 4 is 11.7 Å². The number of aliphatic hydroxyl groups is 1. The SMILES string of the molecule is CCc1nnc(N2CCCC2CO)c(C(N)=NO)c1CC. The van der Waals surface area contributed by atoms with Crippen molar-refractivity contribution in [1.82, 2.24) is 10.2 Å². The summed E-state index contributed by atoms with van der Waals surface area (Å²) in [4.78, 5) is 2.01. The molecule has 0 saturated carbocycles. The first-order valence-corrected chi connectivity index (χ1v) is 7.41. The summed E-state index contributed by atoms with van der Waals surface area (Å²) in [6, 6.07) is 0.0155. The van der Waals surface area contributed by atoms with Crippen molar-refractivity contribution in [2.45, 2.75) is 45.6 Å². The van der Waals surface area contributed by atoms with Crippen LogP contribution in [0.4, 0.5) is 5.82 Å². The zero-order valence-electron chi connectivity index (χ0n) is 12.6. The molecule has 2 heterocycles. The normalized spacial score (nSPS) is 19.3. The molecule has 1 aliphatic rings. The highest BCUT2D eigenvalue weighted by Gasteiger charge is 2.30. The number of rotatable bonds is 5. The Morgan fingerprint density at radius 2 is 2.14 bits per heavy atom. The molecular formula is C14H23N5O2. The third kappa shape index (κ3) is 2.78. The third-order valence-corrected chi connectivity index (χ3v) is 4.05. The van der Waals surface area contributed by atoms with Gasteiger partial charge < -0.3 is 20.9 Å². The molecule has 0 aliphatic carbocycles. The largest absolute Gasteiger partial charge is 0.409 e. The van der Waals surface area contributed by atoms with Crippen LogP contribution in [-0.4, -0.2) is 45.5 Å². The molecule has 1 saturated heterocycles. The van der Waals surface area contributed by atoms with E-state index in [4.69, 9.17) is 10.9 Å². The zero-order chi connectivity index (χ0) is 15.4. The van der Waals surface area contributed by atoms with E-state index in [9.17, 15) is 5.11 Å². The minimum Gasteiger partial charge on any atom is -0.409 e. The number of hydrogen-bond acceptors (Lipinski definition) is 6. The second-order valence-corrected chi connectivity index (χ2v) is 5.19. The lowest BCUT2D eigenvalue weighted by atomic mass is 10.0. The first-order chi connectivity index (χ1) is 10.2. The van der Waals surface area contributed by atoms with Crippen molar-refractivity contribution in [2.75, 3.05) is 18.1 Å². The summed E-state index contributed by atoms with van der Waals surface area (Å²) >= 11 is 0. The first kappa shape index (κ1) is 15.5. The van der Waals surface area contributed by atoms with Gasteiger partial charge in [-0.15, -0.1) is 5.10 Å². The van der Waals surface area contributed by atoms with Crippen LogP contribution >= 0.6 is 0 Å². The van der Waals surface area contributed by atoms with Gasteiger partial charge in [-0.2, -0.15) is 5.10 Å². The lowest BCUT2D eigenvalue weighted by molar-refractivity contribution is 0.266. The third-order valence-electron chi connectivity index (χ3n) is 4.05. The highest BCUT2D eigenvalue weighted by Crippen LogP contribution is 2.29. The summed E-state index contributed by atoms with van der Waals surface area (Å²) in [7, 11) is 0. The van der Waals surface area contributed by atoms with Gasteiger partial charge in [0.1, 0.15) is 0 Å². The van der Waals surface area contributed by atoms with Crippen LogP contribution in [0, 0.1) is 0 Å². The maximum absolute atomic E-state index is 9.51. The van der Waals surface area contributed by atoms with Crippen LogP contribution in [0.1, 0.15) is 43.5 Å². The summed E-state index contributed by atoms with van der Waals surface area (Å²) in [5.74, 6) is 0.658. The molecule has 1 fully saturated rings. The van der Waals surface area contributed by atoms with Gasteiger partial charge in [-0.05, 0) is 31.2 Å². The maximum Gasteiger partial charge on any atom is 0.174 e. The summed E-state index contributed by atoms with van der Waals surface area (Å²) in [5.41, 5.74) is 8.36. The van der Waals surface area contributed by atoms with Crippen molar-refractivity contribution in [3.63, 3.8) is 0 Å². The number of aliphatic hydroxyl groups excluding tert-OH is 1. The van der Waals surface area contributed by atoms with Gasteiger partial charge in [0.05, 0.1) is 23.9 Å². The average Bonchev–Trinajstić information content (AvgIpc) is 3.00. The van der Waals surface area contributed by atoms with Crippen LogP contribution in [0.15, 0.2) is 5.16 Å². The van der Waals surface area contributed by atoms with Gasteiger partial charge in [-0.25, -0.2) is 0 Å². The molecular weight excluding hydrogens is 270 g/mol. The van der Waals surface area contributed by atoms with Crippen molar-refractivity contribution in [2.24, 2.45) is 10.9 Å². The lowest BCUT2D eigenvalue weighted by Crippen LogP contribution is -2.35. The van der Waals surface area contributed by atoms with Gasteiger partial charge in [0.2, 0.25) is 0 Å². The van der Waals surface area contributed by atoms with Crippen LogP contribution < -0.4 is 10.6 Å². The topological polar surface area (TPSA) is 108 Å². The number of nitrogens with zero attached hydrogens (tertiary/aromatic N) is 4. The Hall–Kier alpha value is -1.89. The van der Waals surface area contributed by atoms with E-state index in [0.717, 1.165) is 43.5 Å². The van der Waals surface area contributed by atoms with Crippen LogP contribution in [0.2, 0.25) is 0 Å². The predicted octanol–water partition coefficient (Wildman–Crippen LogP) is 0.657.